The standard InChI is InChI=1S/C24H23N5O5S/c1-13(30)19-21(28-20(32)15-5-7-16(8-6-15)25-14(2)31)35-22(27-19)26-17-9-11-18(12-10-17)29-23(33)34-24(29,3)4/h5-12H,1-4H3,(H,25,31)(H,26,27)(H,28,32). The van der Waals surface area contributed by atoms with Gasteiger partial charge in [-0.3, -0.25) is 14.4 Å². The van der Waals surface area contributed by atoms with Crippen LogP contribution in [-0.4, -0.2) is 34.4 Å². The van der Waals surface area contributed by atoms with Gasteiger partial charge < -0.3 is 20.7 Å². The number of ketones is 1. The number of hydrogen-bond acceptors (Lipinski definition) is 8. The van der Waals surface area contributed by atoms with Crippen LogP contribution in [0.5, 0.6) is 0 Å². The minimum Gasteiger partial charge on any atom is -0.422 e. The van der Waals surface area contributed by atoms with Gasteiger partial charge in [-0.05, 0) is 62.4 Å². The number of Topliss-reactive ketones (excluding diaryl/α,β-unsaturated/α-hetero) is 1. The zero-order valence-corrected chi connectivity index (χ0v) is 20.3. The largest absolute Gasteiger partial charge is 0.422 e. The summed E-state index contributed by atoms with van der Waals surface area (Å²) in [5.41, 5.74) is 1.76. The Morgan fingerprint density at radius 1 is 0.943 bits per heavy atom. The van der Waals surface area contributed by atoms with Crippen molar-refractivity contribution in [1.29, 1.82) is 0 Å². The van der Waals surface area contributed by atoms with Crippen LogP contribution in [0.15, 0.2) is 48.5 Å². The van der Waals surface area contributed by atoms with Crippen LogP contribution in [0.3, 0.4) is 0 Å². The van der Waals surface area contributed by atoms with E-state index in [2.05, 4.69) is 20.9 Å². The second-order valence-corrected chi connectivity index (χ2v) is 9.29. The number of anilines is 5. The summed E-state index contributed by atoms with van der Waals surface area (Å²) in [6, 6.07) is 13.5. The molecule has 3 aromatic rings. The summed E-state index contributed by atoms with van der Waals surface area (Å²) in [7, 11) is 0. The van der Waals surface area contributed by atoms with Crippen molar-refractivity contribution in [3.63, 3.8) is 0 Å². The Morgan fingerprint density at radius 3 is 2.11 bits per heavy atom. The van der Waals surface area contributed by atoms with Crippen LogP contribution in [0.1, 0.15) is 48.5 Å². The van der Waals surface area contributed by atoms with E-state index in [-0.39, 0.29) is 17.4 Å². The predicted octanol–water partition coefficient (Wildman–Crippen LogP) is 4.99. The number of ether oxygens (including phenoxy) is 1. The second kappa shape index (κ2) is 9.18. The van der Waals surface area contributed by atoms with Crippen molar-refractivity contribution in [2.24, 2.45) is 0 Å². The fourth-order valence-corrected chi connectivity index (χ4v) is 4.43. The first-order valence-electron chi connectivity index (χ1n) is 10.6. The zero-order valence-electron chi connectivity index (χ0n) is 19.5. The lowest BCUT2D eigenvalue weighted by Gasteiger charge is -2.46. The first-order chi connectivity index (χ1) is 16.5. The molecule has 0 aliphatic carbocycles. The van der Waals surface area contributed by atoms with E-state index in [4.69, 9.17) is 4.74 Å². The number of amides is 3. The van der Waals surface area contributed by atoms with Crippen LogP contribution in [0.25, 0.3) is 0 Å². The molecule has 1 aliphatic rings. The molecule has 1 aliphatic heterocycles. The molecule has 0 saturated carbocycles. The van der Waals surface area contributed by atoms with E-state index in [0.717, 1.165) is 11.3 Å². The molecule has 11 heteroatoms. The van der Waals surface area contributed by atoms with Crippen molar-refractivity contribution in [2.75, 3.05) is 20.9 Å². The number of nitrogens with one attached hydrogen (secondary N) is 3. The molecule has 0 bridgehead atoms. The summed E-state index contributed by atoms with van der Waals surface area (Å²) < 4.78 is 5.12. The monoisotopic (exact) mass is 493 g/mol. The fourth-order valence-electron chi connectivity index (χ4n) is 3.50. The molecule has 2 heterocycles. The number of carbonyl (C=O) groups excluding carboxylic acids is 4. The van der Waals surface area contributed by atoms with Crippen LogP contribution >= 0.6 is 11.3 Å². The number of nitrogens with zero attached hydrogens (tertiary/aromatic N) is 2. The zero-order chi connectivity index (χ0) is 25.3. The molecule has 4 rings (SSSR count). The third-order valence-corrected chi connectivity index (χ3v) is 5.98. The summed E-state index contributed by atoms with van der Waals surface area (Å²) >= 11 is 1.13. The highest BCUT2D eigenvalue weighted by Gasteiger charge is 2.46. The molecule has 0 spiro atoms. The SMILES string of the molecule is CC(=O)Nc1ccc(C(=O)Nc2sc(Nc3ccc(N4C(=O)OC4(C)C)cc3)nc2C(C)=O)cc1. The number of rotatable bonds is 7. The molecule has 3 N–H and O–H groups in total. The average Bonchev–Trinajstić information content (AvgIpc) is 3.17. The number of cyclic esters (lactones) is 1. The molecule has 3 amide bonds. The summed E-state index contributed by atoms with van der Waals surface area (Å²) in [5, 5.41) is 9.23. The Labute approximate surface area is 205 Å². The van der Waals surface area contributed by atoms with Gasteiger partial charge in [0.15, 0.2) is 16.6 Å². The Balaban J connectivity index is 1.48. The maximum Gasteiger partial charge on any atom is 0.419 e. The molecule has 1 aromatic heterocycles. The summed E-state index contributed by atoms with van der Waals surface area (Å²) in [5.74, 6) is -0.913. The molecule has 1 saturated heterocycles. The smallest absolute Gasteiger partial charge is 0.419 e. The van der Waals surface area contributed by atoms with E-state index in [1.54, 1.807) is 67.3 Å². The lowest BCUT2D eigenvalue weighted by Crippen LogP contribution is -2.62. The van der Waals surface area contributed by atoms with Gasteiger partial charge in [-0.15, -0.1) is 0 Å². The van der Waals surface area contributed by atoms with Crippen molar-refractivity contribution >= 4 is 62.2 Å². The van der Waals surface area contributed by atoms with E-state index in [1.807, 2.05) is 0 Å². The number of aromatic nitrogens is 1. The number of hydrogen-bond donors (Lipinski definition) is 3. The van der Waals surface area contributed by atoms with Crippen molar-refractivity contribution in [1.82, 2.24) is 4.98 Å². The third-order valence-electron chi connectivity index (χ3n) is 5.09. The molecular formula is C24H23N5O5S. The Kier molecular flexibility index (Phi) is 6.27. The molecular weight excluding hydrogens is 470 g/mol. The van der Waals surface area contributed by atoms with E-state index >= 15 is 0 Å². The molecule has 10 nitrogen and oxygen atoms in total. The van der Waals surface area contributed by atoms with Gasteiger partial charge >= 0.3 is 6.09 Å². The van der Waals surface area contributed by atoms with Gasteiger partial charge in [-0.2, -0.15) is 0 Å². The summed E-state index contributed by atoms with van der Waals surface area (Å²) in [6.45, 7) is 6.37. The third kappa shape index (κ3) is 5.14. The quantitative estimate of drug-likeness (QED) is 0.395. The summed E-state index contributed by atoms with van der Waals surface area (Å²) in [4.78, 5) is 53.6. The lowest BCUT2D eigenvalue weighted by molar-refractivity contribution is -0.114. The highest BCUT2D eigenvalue weighted by molar-refractivity contribution is 7.20. The van der Waals surface area contributed by atoms with Gasteiger partial charge in [-0.1, -0.05) is 11.3 Å². The van der Waals surface area contributed by atoms with Crippen molar-refractivity contribution in [2.45, 2.75) is 33.4 Å². The lowest BCUT2D eigenvalue weighted by atomic mass is 10.1. The van der Waals surface area contributed by atoms with Crippen LogP contribution in [-0.2, 0) is 9.53 Å². The Morgan fingerprint density at radius 2 is 1.57 bits per heavy atom. The number of carbonyl (C=O) groups is 4. The van der Waals surface area contributed by atoms with Crippen LogP contribution in [0, 0.1) is 0 Å². The van der Waals surface area contributed by atoms with E-state index in [9.17, 15) is 19.2 Å². The van der Waals surface area contributed by atoms with E-state index < -0.39 is 17.7 Å². The predicted molar refractivity (Wildman–Crippen MR) is 134 cm³/mol. The fraction of sp³-hybridized carbons (Fsp3) is 0.208. The van der Waals surface area contributed by atoms with Gasteiger partial charge in [-0.25, -0.2) is 14.7 Å². The minimum atomic E-state index is -0.699. The van der Waals surface area contributed by atoms with Gasteiger partial charge in [0.25, 0.3) is 5.91 Å². The average molecular weight is 494 g/mol. The van der Waals surface area contributed by atoms with E-state index in [0.29, 0.717) is 32.8 Å². The highest BCUT2D eigenvalue weighted by Crippen LogP contribution is 2.36. The topological polar surface area (TPSA) is 130 Å². The van der Waals surface area contributed by atoms with Crippen LogP contribution < -0.4 is 20.9 Å². The Hall–Kier alpha value is -4.25. The molecule has 0 radical (unpaired) electrons. The van der Waals surface area contributed by atoms with Gasteiger partial charge in [0, 0.05) is 30.8 Å². The van der Waals surface area contributed by atoms with Crippen molar-refractivity contribution in [3.05, 3.63) is 59.8 Å². The van der Waals surface area contributed by atoms with Crippen LogP contribution in [0.2, 0.25) is 0 Å². The maximum absolute atomic E-state index is 12.7. The Bertz CT molecular complexity index is 1320. The molecule has 0 unspecified atom stereocenters. The number of benzene rings is 2. The second-order valence-electron chi connectivity index (χ2n) is 8.29. The first-order valence-corrected chi connectivity index (χ1v) is 11.5. The van der Waals surface area contributed by atoms with Gasteiger partial charge in [0.2, 0.25) is 5.91 Å². The molecule has 0 atom stereocenters. The molecule has 35 heavy (non-hydrogen) atoms. The highest BCUT2D eigenvalue weighted by atomic mass is 32.1. The molecule has 180 valence electrons. The van der Waals surface area contributed by atoms with Crippen LogP contribution in [0.4, 0.5) is 32.0 Å². The molecule has 1 fully saturated rings. The van der Waals surface area contributed by atoms with Gasteiger partial charge in [0.05, 0.1) is 5.69 Å². The van der Waals surface area contributed by atoms with Gasteiger partial charge in [0.1, 0.15) is 10.7 Å². The van der Waals surface area contributed by atoms with Crippen molar-refractivity contribution < 1.29 is 23.9 Å². The maximum atomic E-state index is 12.7. The normalized spacial score (nSPS) is 13.9. The minimum absolute atomic E-state index is 0.141. The summed E-state index contributed by atoms with van der Waals surface area (Å²) in [6.07, 6.45) is -0.410. The number of thiazole rings is 1. The van der Waals surface area contributed by atoms with E-state index in [1.165, 1.54) is 13.8 Å². The molecule has 2 aromatic carbocycles. The first kappa shape index (κ1) is 23.9. The van der Waals surface area contributed by atoms with Crippen molar-refractivity contribution in [3.8, 4) is 0 Å².